The Labute approximate surface area is 143 Å². The van der Waals surface area contributed by atoms with Gasteiger partial charge in [0, 0.05) is 41.2 Å². The Morgan fingerprint density at radius 3 is 2.92 bits per heavy atom. The Bertz CT molecular complexity index is 1130. The van der Waals surface area contributed by atoms with Crippen molar-refractivity contribution >= 4 is 5.65 Å². The van der Waals surface area contributed by atoms with Crippen LogP contribution in [-0.2, 0) is 0 Å². The summed E-state index contributed by atoms with van der Waals surface area (Å²) in [6.45, 7) is 1.86. The zero-order chi connectivity index (χ0) is 17.0. The van der Waals surface area contributed by atoms with E-state index in [1.54, 1.807) is 23.3 Å². The van der Waals surface area contributed by atoms with Gasteiger partial charge in [0.2, 0.25) is 0 Å². The SMILES string of the molecule is Cc1c(C2CC2)nc2c(-c3cnn(-c4ccccn4)c3)c[nH]n2c1=O. The maximum Gasteiger partial charge on any atom is 0.275 e. The summed E-state index contributed by atoms with van der Waals surface area (Å²) in [5.74, 6) is 1.17. The van der Waals surface area contributed by atoms with E-state index in [9.17, 15) is 4.79 Å². The van der Waals surface area contributed by atoms with E-state index in [0.717, 1.165) is 41.0 Å². The number of hydrogen-bond acceptors (Lipinski definition) is 4. The minimum absolute atomic E-state index is 0.0322. The smallest absolute Gasteiger partial charge is 0.275 e. The fraction of sp³-hybridized carbons (Fsp3) is 0.222. The van der Waals surface area contributed by atoms with Crippen molar-refractivity contribution in [3.63, 3.8) is 0 Å². The Balaban J connectivity index is 1.67. The van der Waals surface area contributed by atoms with Crippen molar-refractivity contribution < 1.29 is 0 Å². The standard InChI is InChI=1S/C18H16N6O/c1-11-16(12-5-6-12)22-17-14(9-21-24(17)18(11)25)13-8-20-23(10-13)15-4-2-3-7-19-15/h2-4,7-10,12,21H,5-6H2,1H3. The molecule has 7 heteroatoms. The Morgan fingerprint density at radius 1 is 1.28 bits per heavy atom. The number of hydrogen-bond donors (Lipinski definition) is 1. The predicted molar refractivity (Wildman–Crippen MR) is 92.9 cm³/mol. The number of H-pyrrole nitrogens is 1. The third-order valence-electron chi connectivity index (χ3n) is 4.67. The summed E-state index contributed by atoms with van der Waals surface area (Å²) in [6.07, 6.45) is 9.42. The van der Waals surface area contributed by atoms with Gasteiger partial charge in [0.1, 0.15) is 0 Å². The fourth-order valence-electron chi connectivity index (χ4n) is 3.16. The summed E-state index contributed by atoms with van der Waals surface area (Å²) in [4.78, 5) is 21.7. The molecule has 1 aliphatic rings. The second-order valence-corrected chi connectivity index (χ2v) is 6.41. The largest absolute Gasteiger partial charge is 0.296 e. The van der Waals surface area contributed by atoms with Crippen LogP contribution in [0, 0.1) is 6.92 Å². The molecule has 1 fully saturated rings. The van der Waals surface area contributed by atoms with Gasteiger partial charge < -0.3 is 0 Å². The van der Waals surface area contributed by atoms with Crippen molar-refractivity contribution in [2.24, 2.45) is 0 Å². The zero-order valence-corrected chi connectivity index (χ0v) is 13.7. The number of pyridine rings is 1. The van der Waals surface area contributed by atoms with Gasteiger partial charge in [-0.15, -0.1) is 0 Å². The lowest BCUT2D eigenvalue weighted by Crippen LogP contribution is -2.20. The van der Waals surface area contributed by atoms with Crippen LogP contribution in [0.25, 0.3) is 22.6 Å². The first-order chi connectivity index (χ1) is 12.2. The number of fused-ring (bicyclic) bond motifs is 1. The van der Waals surface area contributed by atoms with Crippen LogP contribution in [0.2, 0.25) is 0 Å². The second-order valence-electron chi connectivity index (χ2n) is 6.41. The second kappa shape index (κ2) is 5.14. The number of nitrogens with one attached hydrogen (secondary N) is 1. The van der Waals surface area contributed by atoms with Crippen molar-refractivity contribution in [2.75, 3.05) is 0 Å². The first kappa shape index (κ1) is 14.2. The fourth-order valence-corrected chi connectivity index (χ4v) is 3.16. The lowest BCUT2D eigenvalue weighted by molar-refractivity contribution is 0.847. The van der Waals surface area contributed by atoms with Gasteiger partial charge in [-0.3, -0.25) is 9.89 Å². The van der Waals surface area contributed by atoms with E-state index in [2.05, 4.69) is 15.2 Å². The molecule has 0 radical (unpaired) electrons. The summed E-state index contributed by atoms with van der Waals surface area (Å²) < 4.78 is 3.22. The van der Waals surface area contributed by atoms with E-state index < -0.39 is 0 Å². The molecule has 0 atom stereocenters. The predicted octanol–water partition coefficient (Wildman–Crippen LogP) is 2.46. The third-order valence-corrected chi connectivity index (χ3v) is 4.67. The molecule has 4 heterocycles. The maximum atomic E-state index is 12.6. The first-order valence-electron chi connectivity index (χ1n) is 8.29. The van der Waals surface area contributed by atoms with Crippen molar-refractivity contribution in [1.82, 2.24) is 29.4 Å². The van der Waals surface area contributed by atoms with E-state index >= 15 is 0 Å². The van der Waals surface area contributed by atoms with E-state index in [-0.39, 0.29) is 5.56 Å². The third kappa shape index (κ3) is 2.20. The molecular weight excluding hydrogens is 316 g/mol. The molecule has 0 spiro atoms. The minimum atomic E-state index is -0.0322. The van der Waals surface area contributed by atoms with E-state index in [4.69, 9.17) is 4.98 Å². The van der Waals surface area contributed by atoms with Crippen LogP contribution in [-0.4, -0.2) is 29.4 Å². The van der Waals surface area contributed by atoms with Gasteiger partial charge in [0.05, 0.1) is 11.9 Å². The Kier molecular flexibility index (Phi) is 2.91. The molecular formula is C18H16N6O. The summed E-state index contributed by atoms with van der Waals surface area (Å²) in [5, 5.41) is 7.40. The number of aromatic nitrogens is 6. The lowest BCUT2D eigenvalue weighted by Gasteiger charge is -2.04. The van der Waals surface area contributed by atoms with Gasteiger partial charge in [0.15, 0.2) is 11.5 Å². The molecule has 4 aromatic rings. The molecule has 124 valence electrons. The average Bonchev–Trinajstić information content (AvgIpc) is 3.20. The van der Waals surface area contributed by atoms with Gasteiger partial charge in [-0.05, 0) is 31.9 Å². The molecule has 4 aromatic heterocycles. The summed E-state index contributed by atoms with van der Waals surface area (Å²) in [7, 11) is 0. The summed E-state index contributed by atoms with van der Waals surface area (Å²) >= 11 is 0. The highest BCUT2D eigenvalue weighted by Crippen LogP contribution is 2.40. The minimum Gasteiger partial charge on any atom is -0.296 e. The molecule has 0 aromatic carbocycles. The van der Waals surface area contributed by atoms with E-state index in [1.807, 2.05) is 31.3 Å². The Morgan fingerprint density at radius 2 is 2.16 bits per heavy atom. The molecule has 0 saturated heterocycles. The van der Waals surface area contributed by atoms with Crippen LogP contribution in [0.5, 0.6) is 0 Å². The van der Waals surface area contributed by atoms with Crippen LogP contribution >= 0.6 is 0 Å². The molecule has 1 N–H and O–H groups in total. The van der Waals surface area contributed by atoms with Gasteiger partial charge in [-0.1, -0.05) is 6.07 Å². The van der Waals surface area contributed by atoms with Gasteiger partial charge in [-0.25, -0.2) is 19.2 Å². The van der Waals surface area contributed by atoms with Gasteiger partial charge in [0.25, 0.3) is 5.56 Å². The first-order valence-corrected chi connectivity index (χ1v) is 8.29. The molecule has 1 aliphatic carbocycles. The molecule has 0 amide bonds. The maximum absolute atomic E-state index is 12.6. The van der Waals surface area contributed by atoms with Gasteiger partial charge in [-0.2, -0.15) is 5.10 Å². The molecule has 25 heavy (non-hydrogen) atoms. The summed E-state index contributed by atoms with van der Waals surface area (Å²) in [6, 6.07) is 5.68. The average molecular weight is 332 g/mol. The zero-order valence-electron chi connectivity index (χ0n) is 13.7. The van der Waals surface area contributed by atoms with Crippen LogP contribution < -0.4 is 5.56 Å². The topological polar surface area (TPSA) is 80.9 Å². The summed E-state index contributed by atoms with van der Waals surface area (Å²) in [5.41, 5.74) is 4.04. The Hall–Kier alpha value is -3.22. The molecule has 0 unspecified atom stereocenters. The molecule has 7 nitrogen and oxygen atoms in total. The van der Waals surface area contributed by atoms with Crippen LogP contribution in [0.15, 0.2) is 47.8 Å². The highest BCUT2D eigenvalue weighted by Gasteiger charge is 2.29. The van der Waals surface area contributed by atoms with Crippen LogP contribution in [0.4, 0.5) is 0 Å². The normalized spacial score (nSPS) is 14.3. The molecule has 5 rings (SSSR count). The molecule has 0 aliphatic heterocycles. The number of aromatic amines is 1. The van der Waals surface area contributed by atoms with E-state index in [0.29, 0.717) is 11.6 Å². The quantitative estimate of drug-likeness (QED) is 0.625. The van der Waals surface area contributed by atoms with Crippen LogP contribution in [0.1, 0.15) is 30.0 Å². The highest BCUT2D eigenvalue weighted by molar-refractivity contribution is 5.76. The van der Waals surface area contributed by atoms with Crippen molar-refractivity contribution in [1.29, 1.82) is 0 Å². The number of nitrogens with zero attached hydrogens (tertiary/aromatic N) is 5. The van der Waals surface area contributed by atoms with E-state index in [1.165, 1.54) is 4.52 Å². The highest BCUT2D eigenvalue weighted by atomic mass is 16.1. The van der Waals surface area contributed by atoms with Crippen molar-refractivity contribution in [3.8, 4) is 16.9 Å². The van der Waals surface area contributed by atoms with Gasteiger partial charge >= 0.3 is 0 Å². The number of rotatable bonds is 3. The molecule has 1 saturated carbocycles. The van der Waals surface area contributed by atoms with Crippen LogP contribution in [0.3, 0.4) is 0 Å². The van der Waals surface area contributed by atoms with Crippen molar-refractivity contribution in [2.45, 2.75) is 25.7 Å². The monoisotopic (exact) mass is 332 g/mol. The van der Waals surface area contributed by atoms with Crippen molar-refractivity contribution in [3.05, 3.63) is 64.6 Å². The molecule has 0 bridgehead atoms. The lowest BCUT2D eigenvalue weighted by atomic mass is 10.1.